The van der Waals surface area contributed by atoms with E-state index in [1.165, 1.54) is 20.2 Å². The molecule has 3 aromatic rings. The fraction of sp³-hybridized carbons (Fsp3) is 0.154. The standard InChI is InChI=1S/C26H22INO4S2/c1-3-31-21-11-9-20(10-12-21)28-25(29)24(34-26(28)33)15-18-6-13-22(23(14-18)30-2)32-16-17-4-7-19(27)8-5-17/h4-15H,3,16H2,1-2H3/b24-15-. The molecular formula is C26H22INO4S2. The van der Waals surface area contributed by atoms with Crippen molar-refractivity contribution in [1.82, 2.24) is 0 Å². The van der Waals surface area contributed by atoms with Crippen molar-refractivity contribution in [1.29, 1.82) is 0 Å². The summed E-state index contributed by atoms with van der Waals surface area (Å²) in [7, 11) is 1.60. The molecule has 4 rings (SSSR count). The predicted octanol–water partition coefficient (Wildman–Crippen LogP) is 6.68. The van der Waals surface area contributed by atoms with E-state index in [2.05, 4.69) is 22.6 Å². The van der Waals surface area contributed by atoms with Crippen LogP contribution in [-0.4, -0.2) is 23.9 Å². The number of carbonyl (C=O) groups is 1. The molecule has 3 aromatic carbocycles. The number of methoxy groups -OCH3 is 1. The number of carbonyl (C=O) groups excluding carboxylic acids is 1. The van der Waals surface area contributed by atoms with Gasteiger partial charge in [-0.15, -0.1) is 0 Å². The van der Waals surface area contributed by atoms with E-state index < -0.39 is 0 Å². The normalized spacial score (nSPS) is 14.6. The number of amides is 1. The van der Waals surface area contributed by atoms with E-state index >= 15 is 0 Å². The van der Waals surface area contributed by atoms with Crippen molar-refractivity contribution in [3.63, 3.8) is 0 Å². The van der Waals surface area contributed by atoms with Gasteiger partial charge in [-0.05, 0) is 95.2 Å². The molecule has 1 fully saturated rings. The van der Waals surface area contributed by atoms with Crippen molar-refractivity contribution < 1.29 is 19.0 Å². The van der Waals surface area contributed by atoms with Crippen LogP contribution in [0.5, 0.6) is 17.2 Å². The van der Waals surface area contributed by atoms with Crippen molar-refractivity contribution in [2.75, 3.05) is 18.6 Å². The number of hydrogen-bond acceptors (Lipinski definition) is 6. The minimum Gasteiger partial charge on any atom is -0.494 e. The fourth-order valence-electron chi connectivity index (χ4n) is 3.33. The third-order valence-electron chi connectivity index (χ3n) is 4.99. The first kappa shape index (κ1) is 24.6. The lowest BCUT2D eigenvalue weighted by Gasteiger charge is -2.15. The van der Waals surface area contributed by atoms with Crippen LogP contribution < -0.4 is 19.1 Å². The van der Waals surface area contributed by atoms with E-state index in [0.29, 0.717) is 39.6 Å². The number of thiocarbonyl (C=S) groups is 1. The van der Waals surface area contributed by atoms with E-state index in [4.69, 9.17) is 26.4 Å². The van der Waals surface area contributed by atoms with Gasteiger partial charge in [0.2, 0.25) is 0 Å². The molecule has 0 aromatic heterocycles. The molecule has 1 aliphatic heterocycles. The molecule has 1 saturated heterocycles. The van der Waals surface area contributed by atoms with Gasteiger partial charge in [0.1, 0.15) is 12.4 Å². The summed E-state index contributed by atoms with van der Waals surface area (Å²) in [6, 6.07) is 21.1. The van der Waals surface area contributed by atoms with Gasteiger partial charge in [0, 0.05) is 3.57 Å². The topological polar surface area (TPSA) is 48.0 Å². The average Bonchev–Trinajstić information content (AvgIpc) is 3.12. The summed E-state index contributed by atoms with van der Waals surface area (Å²) in [4.78, 5) is 15.2. The Labute approximate surface area is 222 Å². The van der Waals surface area contributed by atoms with Crippen molar-refractivity contribution in [3.05, 3.63) is 86.3 Å². The maximum absolute atomic E-state index is 13.1. The van der Waals surface area contributed by atoms with Crippen LogP contribution in [0, 0.1) is 3.57 Å². The van der Waals surface area contributed by atoms with Crippen LogP contribution in [0.2, 0.25) is 0 Å². The Morgan fingerprint density at radius 2 is 1.74 bits per heavy atom. The summed E-state index contributed by atoms with van der Waals surface area (Å²) in [6.45, 7) is 2.95. The lowest BCUT2D eigenvalue weighted by Crippen LogP contribution is -2.27. The number of ether oxygens (including phenoxy) is 3. The van der Waals surface area contributed by atoms with Gasteiger partial charge in [0.25, 0.3) is 5.91 Å². The van der Waals surface area contributed by atoms with Gasteiger partial charge >= 0.3 is 0 Å². The molecule has 0 unspecified atom stereocenters. The maximum Gasteiger partial charge on any atom is 0.270 e. The lowest BCUT2D eigenvalue weighted by molar-refractivity contribution is -0.113. The number of benzene rings is 3. The van der Waals surface area contributed by atoms with Crippen molar-refractivity contribution in [3.8, 4) is 17.2 Å². The maximum atomic E-state index is 13.1. The zero-order valence-electron chi connectivity index (χ0n) is 18.6. The molecule has 34 heavy (non-hydrogen) atoms. The van der Waals surface area contributed by atoms with E-state index in [1.54, 1.807) is 7.11 Å². The van der Waals surface area contributed by atoms with Gasteiger partial charge in [0.05, 0.1) is 24.3 Å². The highest BCUT2D eigenvalue weighted by atomic mass is 127. The SMILES string of the molecule is CCOc1ccc(N2C(=O)/C(=C/c3ccc(OCc4ccc(I)cc4)c(OC)c3)SC2=S)cc1. The summed E-state index contributed by atoms with van der Waals surface area (Å²) in [6.07, 6.45) is 1.82. The van der Waals surface area contributed by atoms with Gasteiger partial charge in [-0.1, -0.05) is 42.2 Å². The monoisotopic (exact) mass is 603 g/mol. The molecule has 8 heteroatoms. The number of halogens is 1. The number of anilines is 1. The highest BCUT2D eigenvalue weighted by Crippen LogP contribution is 2.37. The van der Waals surface area contributed by atoms with Crippen LogP contribution in [0.15, 0.2) is 71.6 Å². The summed E-state index contributed by atoms with van der Waals surface area (Å²) in [5.41, 5.74) is 2.61. The highest BCUT2D eigenvalue weighted by molar-refractivity contribution is 14.1. The molecule has 174 valence electrons. The summed E-state index contributed by atoms with van der Waals surface area (Å²) >= 11 is 9.04. The molecule has 1 amide bonds. The van der Waals surface area contributed by atoms with Crippen LogP contribution >= 0.6 is 46.6 Å². The Hall–Kier alpha value is -2.56. The first-order valence-electron chi connectivity index (χ1n) is 10.5. The first-order valence-corrected chi connectivity index (χ1v) is 12.8. The van der Waals surface area contributed by atoms with Gasteiger partial charge < -0.3 is 14.2 Å². The van der Waals surface area contributed by atoms with Crippen LogP contribution in [0.3, 0.4) is 0 Å². The van der Waals surface area contributed by atoms with Gasteiger partial charge in [-0.2, -0.15) is 0 Å². The van der Waals surface area contributed by atoms with Crippen molar-refractivity contribution in [2.24, 2.45) is 0 Å². The van der Waals surface area contributed by atoms with Crippen LogP contribution in [0.25, 0.3) is 6.08 Å². The van der Waals surface area contributed by atoms with Gasteiger partial charge in [0.15, 0.2) is 15.8 Å². The zero-order valence-corrected chi connectivity index (χ0v) is 22.4. The minimum absolute atomic E-state index is 0.155. The van der Waals surface area contributed by atoms with E-state index in [1.807, 2.05) is 79.7 Å². The number of rotatable bonds is 8. The molecule has 0 spiro atoms. The molecule has 1 aliphatic rings. The molecule has 0 bridgehead atoms. The van der Waals surface area contributed by atoms with Gasteiger partial charge in [-0.25, -0.2) is 0 Å². The molecule has 5 nitrogen and oxygen atoms in total. The van der Waals surface area contributed by atoms with E-state index in [-0.39, 0.29) is 5.91 Å². The predicted molar refractivity (Wildman–Crippen MR) is 150 cm³/mol. The molecular weight excluding hydrogens is 581 g/mol. The summed E-state index contributed by atoms with van der Waals surface area (Å²) < 4.78 is 18.6. The van der Waals surface area contributed by atoms with Crippen LogP contribution in [0.1, 0.15) is 18.1 Å². The Kier molecular flexibility index (Phi) is 8.12. The zero-order chi connectivity index (χ0) is 24.1. The lowest BCUT2D eigenvalue weighted by atomic mass is 10.1. The van der Waals surface area contributed by atoms with Crippen LogP contribution in [-0.2, 0) is 11.4 Å². The highest BCUT2D eigenvalue weighted by Gasteiger charge is 2.33. The number of nitrogens with zero attached hydrogens (tertiary/aromatic N) is 1. The second-order valence-corrected chi connectivity index (χ2v) is 10.2. The molecule has 0 atom stereocenters. The first-order chi connectivity index (χ1) is 16.5. The Bertz CT molecular complexity index is 1230. The third kappa shape index (κ3) is 5.73. The molecule has 0 aliphatic carbocycles. The molecule has 0 N–H and O–H groups in total. The largest absolute Gasteiger partial charge is 0.494 e. The Morgan fingerprint density at radius 1 is 1.00 bits per heavy atom. The molecule has 0 saturated carbocycles. The van der Waals surface area contributed by atoms with Crippen LogP contribution in [0.4, 0.5) is 5.69 Å². The van der Waals surface area contributed by atoms with E-state index in [9.17, 15) is 4.79 Å². The second-order valence-electron chi connectivity index (χ2n) is 7.27. The van der Waals surface area contributed by atoms with E-state index in [0.717, 1.165) is 16.9 Å². The second kappa shape index (κ2) is 11.2. The summed E-state index contributed by atoms with van der Waals surface area (Å²) in [5.74, 6) is 1.84. The Morgan fingerprint density at radius 3 is 2.41 bits per heavy atom. The number of hydrogen-bond donors (Lipinski definition) is 0. The van der Waals surface area contributed by atoms with Gasteiger partial charge in [-0.3, -0.25) is 9.69 Å². The average molecular weight is 604 g/mol. The quantitative estimate of drug-likeness (QED) is 0.163. The Balaban J connectivity index is 1.50. The fourth-order valence-corrected chi connectivity index (χ4v) is 4.99. The molecule has 0 radical (unpaired) electrons. The third-order valence-corrected chi connectivity index (χ3v) is 7.01. The van der Waals surface area contributed by atoms with Crippen molar-refractivity contribution in [2.45, 2.75) is 13.5 Å². The molecule has 1 heterocycles. The number of thioether (sulfide) groups is 1. The summed E-state index contributed by atoms with van der Waals surface area (Å²) in [5, 5.41) is 0. The minimum atomic E-state index is -0.155. The smallest absolute Gasteiger partial charge is 0.270 e. The van der Waals surface area contributed by atoms with Crippen molar-refractivity contribution >= 4 is 68.6 Å².